The number of nitrogens with one attached hydrogen (secondary N) is 2. The molecule has 1 heterocycles. The van der Waals surface area contributed by atoms with Gasteiger partial charge in [0, 0.05) is 16.6 Å². The fourth-order valence-corrected chi connectivity index (χ4v) is 2.77. The molecule has 27 heavy (non-hydrogen) atoms. The molecule has 0 atom stereocenters. The predicted molar refractivity (Wildman–Crippen MR) is 92.8 cm³/mol. The molecule has 0 aromatic heterocycles. The first kappa shape index (κ1) is 19.8. The minimum atomic E-state index is -5.19. The van der Waals surface area contributed by atoms with Crippen molar-refractivity contribution in [3.8, 4) is 11.5 Å². The summed E-state index contributed by atoms with van der Waals surface area (Å²) in [6.07, 6.45) is -5.19. The minimum Gasteiger partial charge on any atom is -0.424 e. The van der Waals surface area contributed by atoms with Gasteiger partial charge in [-0.25, -0.2) is 9.18 Å². The van der Waals surface area contributed by atoms with E-state index in [-0.39, 0.29) is 27.2 Å². The summed E-state index contributed by atoms with van der Waals surface area (Å²) in [5.74, 6) is -5.16. The molecule has 0 aliphatic carbocycles. The van der Waals surface area contributed by atoms with Gasteiger partial charge in [-0.2, -0.15) is 13.2 Å². The van der Waals surface area contributed by atoms with Gasteiger partial charge in [-0.15, -0.1) is 0 Å². The van der Waals surface area contributed by atoms with Crippen LogP contribution >= 0.6 is 39.1 Å². The summed E-state index contributed by atoms with van der Waals surface area (Å²) < 4.78 is 64.5. The van der Waals surface area contributed by atoms with E-state index < -0.39 is 23.9 Å². The minimum absolute atomic E-state index is 0.0709. The Balaban J connectivity index is 1.86. The molecule has 0 spiro atoms. The molecule has 2 aromatic carbocycles. The highest BCUT2D eigenvalue weighted by Crippen LogP contribution is 2.48. The van der Waals surface area contributed by atoms with E-state index in [4.69, 9.17) is 32.7 Å². The molecule has 144 valence electrons. The van der Waals surface area contributed by atoms with Crippen LogP contribution in [0.25, 0.3) is 0 Å². The number of benzene rings is 2. The number of carbonyl (C=O) groups excluding carboxylic acids is 1. The molecule has 5 nitrogen and oxygen atoms in total. The second kappa shape index (κ2) is 6.92. The van der Waals surface area contributed by atoms with Crippen molar-refractivity contribution in [1.29, 1.82) is 0 Å². The molecule has 3 rings (SSSR count). The summed E-state index contributed by atoms with van der Waals surface area (Å²) in [4.78, 5) is 12.0. The molecule has 0 unspecified atom stereocenters. The normalized spacial score (nSPS) is 14.8. The molecule has 0 bridgehead atoms. The van der Waals surface area contributed by atoms with Gasteiger partial charge in [0.15, 0.2) is 11.5 Å². The Morgan fingerprint density at radius 2 is 1.63 bits per heavy atom. The molecular weight excluding hydrogens is 483 g/mol. The van der Waals surface area contributed by atoms with Crippen LogP contribution < -0.4 is 20.1 Å². The second-order valence-corrected chi connectivity index (χ2v) is 6.96. The third kappa shape index (κ3) is 3.87. The first-order chi connectivity index (χ1) is 12.5. The maximum Gasteiger partial charge on any atom is 0.492 e. The van der Waals surface area contributed by atoms with Gasteiger partial charge in [-0.05, 0) is 18.2 Å². The van der Waals surface area contributed by atoms with E-state index in [1.807, 2.05) is 5.32 Å². The van der Waals surface area contributed by atoms with Crippen LogP contribution in [0.3, 0.4) is 0 Å². The molecule has 0 saturated heterocycles. The number of anilines is 1. The lowest BCUT2D eigenvalue weighted by atomic mass is 10.3. The van der Waals surface area contributed by atoms with E-state index in [9.17, 15) is 22.4 Å². The maximum absolute atomic E-state index is 13.8. The molecule has 0 radical (unpaired) electrons. The van der Waals surface area contributed by atoms with Gasteiger partial charge in [0.25, 0.3) is 0 Å². The van der Waals surface area contributed by atoms with E-state index >= 15 is 0 Å². The van der Waals surface area contributed by atoms with Gasteiger partial charge < -0.3 is 14.8 Å². The number of urea groups is 1. The van der Waals surface area contributed by atoms with Crippen LogP contribution in [0.1, 0.15) is 0 Å². The van der Waals surface area contributed by atoms with Crippen molar-refractivity contribution in [1.82, 2.24) is 5.32 Å². The van der Waals surface area contributed by atoms with Gasteiger partial charge in [0.1, 0.15) is 5.82 Å². The zero-order valence-corrected chi connectivity index (χ0v) is 15.9. The van der Waals surface area contributed by atoms with Gasteiger partial charge in [0.05, 0.1) is 15.7 Å². The number of ether oxygens (including phenoxy) is 2. The van der Waals surface area contributed by atoms with Gasteiger partial charge in [-0.1, -0.05) is 39.1 Å². The van der Waals surface area contributed by atoms with E-state index in [1.54, 1.807) is 0 Å². The van der Waals surface area contributed by atoms with Crippen LogP contribution in [0, 0.1) is 5.82 Å². The summed E-state index contributed by atoms with van der Waals surface area (Å²) in [6.45, 7) is 0. The lowest BCUT2D eigenvalue weighted by Gasteiger charge is -2.29. The quantitative estimate of drug-likeness (QED) is 0.531. The van der Waals surface area contributed by atoms with Crippen molar-refractivity contribution in [2.45, 2.75) is 12.1 Å². The number of carbonyl (C=O) groups is 1. The van der Waals surface area contributed by atoms with Crippen molar-refractivity contribution in [2.75, 3.05) is 5.32 Å². The molecule has 1 aliphatic rings. The van der Waals surface area contributed by atoms with Gasteiger partial charge in [-0.3, -0.25) is 5.32 Å². The number of rotatable bonds is 2. The molecule has 12 heteroatoms. The summed E-state index contributed by atoms with van der Waals surface area (Å²) in [5.41, 5.74) is -0.352. The first-order valence-electron chi connectivity index (χ1n) is 6.99. The zero-order chi connectivity index (χ0) is 20.0. The molecular formula is C15H7BrCl2F4N2O3. The summed E-state index contributed by atoms with van der Waals surface area (Å²) >= 11 is 14.5. The van der Waals surface area contributed by atoms with Crippen LogP contribution in [0.2, 0.25) is 10.0 Å². The number of amides is 2. The van der Waals surface area contributed by atoms with Crippen LogP contribution in [0.5, 0.6) is 11.5 Å². The SMILES string of the molecule is O=C(Nc1ccc(Br)cc1F)NC1(C(F)(F)F)Oc2cc(Cl)c(Cl)cc2O1. The highest BCUT2D eigenvalue weighted by Gasteiger charge is 2.66. The highest BCUT2D eigenvalue weighted by molar-refractivity contribution is 9.10. The Bertz CT molecular complexity index is 896. The van der Waals surface area contributed by atoms with Crippen LogP contribution in [-0.2, 0) is 0 Å². The smallest absolute Gasteiger partial charge is 0.424 e. The average molecular weight is 490 g/mol. The largest absolute Gasteiger partial charge is 0.492 e. The molecule has 0 saturated carbocycles. The number of alkyl halides is 3. The molecule has 2 amide bonds. The first-order valence-corrected chi connectivity index (χ1v) is 8.54. The number of halogens is 7. The van der Waals surface area contributed by atoms with E-state index in [0.717, 1.165) is 24.3 Å². The van der Waals surface area contributed by atoms with E-state index in [0.29, 0.717) is 4.47 Å². The lowest BCUT2D eigenvalue weighted by molar-refractivity contribution is -0.317. The number of hydrogen-bond acceptors (Lipinski definition) is 3. The highest BCUT2D eigenvalue weighted by atomic mass is 79.9. The summed E-state index contributed by atoms with van der Waals surface area (Å²) in [7, 11) is 0. The Hall–Kier alpha value is -1.91. The van der Waals surface area contributed by atoms with E-state index in [1.165, 1.54) is 11.4 Å². The fourth-order valence-electron chi connectivity index (χ4n) is 2.13. The molecule has 2 aromatic rings. The third-order valence-electron chi connectivity index (χ3n) is 3.32. The van der Waals surface area contributed by atoms with Crippen LogP contribution in [0.15, 0.2) is 34.8 Å². The van der Waals surface area contributed by atoms with Gasteiger partial charge in [0.2, 0.25) is 0 Å². The molecule has 1 aliphatic heterocycles. The van der Waals surface area contributed by atoms with Crippen molar-refractivity contribution in [2.24, 2.45) is 0 Å². The van der Waals surface area contributed by atoms with Crippen LogP contribution in [0.4, 0.5) is 28.0 Å². The Morgan fingerprint density at radius 3 is 2.11 bits per heavy atom. The maximum atomic E-state index is 13.8. The van der Waals surface area contributed by atoms with Gasteiger partial charge >= 0.3 is 18.1 Å². The standard InChI is InChI=1S/C15H7BrCl2F4N2O3/c16-6-1-2-10(9(19)3-6)23-13(25)24-15(14(20,21)22)26-11-4-7(17)8(18)5-12(11)27-15/h1-5H,(H2,23,24,25). The monoisotopic (exact) mass is 488 g/mol. The lowest BCUT2D eigenvalue weighted by Crippen LogP contribution is -2.65. The Morgan fingerprint density at radius 1 is 1.07 bits per heavy atom. The van der Waals surface area contributed by atoms with Crippen molar-refractivity contribution in [3.05, 3.63) is 50.7 Å². The van der Waals surface area contributed by atoms with Crippen LogP contribution in [-0.4, -0.2) is 18.1 Å². The van der Waals surface area contributed by atoms with E-state index in [2.05, 4.69) is 15.9 Å². The number of hydrogen-bond donors (Lipinski definition) is 2. The fraction of sp³-hybridized carbons (Fsp3) is 0.133. The summed E-state index contributed by atoms with van der Waals surface area (Å²) in [6, 6.07) is 4.18. The molecule has 0 fully saturated rings. The van der Waals surface area contributed by atoms with Crippen molar-refractivity contribution in [3.63, 3.8) is 0 Å². The second-order valence-electron chi connectivity index (χ2n) is 5.23. The average Bonchev–Trinajstić information content (AvgIpc) is 2.88. The summed E-state index contributed by atoms with van der Waals surface area (Å²) in [5, 5.41) is 3.34. The Labute approximate surface area is 167 Å². The Kier molecular flexibility index (Phi) is 5.08. The molecule has 2 N–H and O–H groups in total. The third-order valence-corrected chi connectivity index (χ3v) is 4.54. The topological polar surface area (TPSA) is 59.6 Å². The van der Waals surface area contributed by atoms with Crippen molar-refractivity contribution >= 4 is 50.9 Å². The zero-order valence-electron chi connectivity index (χ0n) is 12.8. The number of fused-ring (bicyclic) bond motifs is 1. The predicted octanol–water partition coefficient (Wildman–Crippen LogP) is 5.70. The van der Waals surface area contributed by atoms with Crippen molar-refractivity contribution < 1.29 is 31.8 Å².